The molecule has 0 aromatic rings. The molecule has 3 N–H and O–H groups in total. The summed E-state index contributed by atoms with van der Waals surface area (Å²) in [6.07, 6.45) is 9.45. The Morgan fingerprint density at radius 3 is 2.73 bits per heavy atom. The van der Waals surface area contributed by atoms with E-state index >= 15 is 0 Å². The lowest BCUT2D eigenvalue weighted by molar-refractivity contribution is -0.125. The summed E-state index contributed by atoms with van der Waals surface area (Å²) in [5.74, 6) is 2.97. The van der Waals surface area contributed by atoms with Gasteiger partial charge in [-0.1, -0.05) is 26.0 Å². The van der Waals surface area contributed by atoms with Crippen molar-refractivity contribution in [2.24, 2.45) is 40.2 Å². The molecule has 2 nitrogen and oxygen atoms in total. The van der Waals surface area contributed by atoms with Crippen LogP contribution in [0, 0.1) is 34.5 Å². The predicted molar refractivity (Wildman–Crippen MR) is 90.2 cm³/mol. The highest BCUT2D eigenvalue weighted by atomic mass is 16.3. The summed E-state index contributed by atoms with van der Waals surface area (Å²) in [6.45, 7) is 9.36. The van der Waals surface area contributed by atoms with E-state index in [0.29, 0.717) is 28.7 Å². The Kier molecular flexibility index (Phi) is 3.34. The maximum absolute atomic E-state index is 10.1. The lowest BCUT2D eigenvalue weighted by atomic mass is 9.44. The fraction of sp³-hybridized carbons (Fsp3) is 0.900. The summed E-state index contributed by atoms with van der Waals surface area (Å²) in [4.78, 5) is 0. The Bertz CT molecular complexity index is 488. The van der Waals surface area contributed by atoms with Gasteiger partial charge in [-0.25, -0.2) is 0 Å². The lowest BCUT2D eigenvalue weighted by Gasteiger charge is -2.62. The molecular weight excluding hydrogens is 270 g/mol. The first kappa shape index (κ1) is 15.2. The third-order valence-electron chi connectivity index (χ3n) is 8.60. The molecule has 2 heteroatoms. The van der Waals surface area contributed by atoms with Crippen LogP contribution in [0.3, 0.4) is 0 Å². The van der Waals surface area contributed by atoms with E-state index in [1.54, 1.807) is 0 Å². The van der Waals surface area contributed by atoms with Gasteiger partial charge in [-0.2, -0.15) is 0 Å². The Morgan fingerprint density at radius 2 is 1.95 bits per heavy atom. The predicted octanol–water partition coefficient (Wildman–Crippen LogP) is 3.88. The highest BCUT2D eigenvalue weighted by molar-refractivity contribution is 5.23. The van der Waals surface area contributed by atoms with Crippen molar-refractivity contribution in [1.29, 1.82) is 0 Å². The fourth-order valence-corrected chi connectivity index (χ4v) is 7.40. The first-order chi connectivity index (χ1) is 10.4. The molecule has 0 unspecified atom stereocenters. The largest absolute Gasteiger partial charge is 0.393 e. The van der Waals surface area contributed by atoms with Gasteiger partial charge in [-0.15, -0.1) is 0 Å². The van der Waals surface area contributed by atoms with Crippen molar-refractivity contribution in [3.8, 4) is 0 Å². The number of aliphatic hydroxyl groups is 1. The second kappa shape index (κ2) is 4.83. The van der Waals surface area contributed by atoms with E-state index in [2.05, 4.69) is 20.4 Å². The quantitative estimate of drug-likeness (QED) is 0.667. The molecule has 124 valence electrons. The molecule has 0 spiro atoms. The van der Waals surface area contributed by atoms with E-state index in [4.69, 9.17) is 5.73 Å². The number of hydrogen-bond donors (Lipinski definition) is 2. The van der Waals surface area contributed by atoms with Crippen LogP contribution < -0.4 is 5.73 Å². The third-order valence-corrected chi connectivity index (χ3v) is 8.60. The third kappa shape index (κ3) is 1.86. The number of rotatable bonds is 0. The molecule has 0 aromatic carbocycles. The maximum atomic E-state index is 10.1. The molecular formula is C20H33NO. The number of nitrogens with two attached hydrogens (primary N) is 1. The van der Waals surface area contributed by atoms with Crippen molar-refractivity contribution >= 4 is 0 Å². The van der Waals surface area contributed by atoms with Crippen LogP contribution in [0.4, 0.5) is 0 Å². The zero-order valence-corrected chi connectivity index (χ0v) is 14.4. The average Bonchev–Trinajstić information content (AvgIpc) is 2.75. The Balaban J connectivity index is 1.69. The van der Waals surface area contributed by atoms with Gasteiger partial charge in [0.05, 0.1) is 6.10 Å². The van der Waals surface area contributed by atoms with Crippen molar-refractivity contribution in [2.75, 3.05) is 0 Å². The van der Waals surface area contributed by atoms with Gasteiger partial charge in [0.25, 0.3) is 0 Å². The van der Waals surface area contributed by atoms with Gasteiger partial charge in [0, 0.05) is 6.04 Å². The lowest BCUT2D eigenvalue weighted by Crippen LogP contribution is -2.60. The van der Waals surface area contributed by atoms with Crippen molar-refractivity contribution in [3.63, 3.8) is 0 Å². The van der Waals surface area contributed by atoms with Gasteiger partial charge in [0.15, 0.2) is 0 Å². The second-order valence-corrected chi connectivity index (χ2v) is 9.43. The summed E-state index contributed by atoms with van der Waals surface area (Å²) < 4.78 is 0. The molecule has 4 aliphatic rings. The molecule has 4 fully saturated rings. The summed E-state index contributed by atoms with van der Waals surface area (Å²) in [7, 11) is 0. The van der Waals surface area contributed by atoms with E-state index in [9.17, 15) is 5.11 Å². The second-order valence-electron chi connectivity index (χ2n) is 9.43. The van der Waals surface area contributed by atoms with Gasteiger partial charge < -0.3 is 10.8 Å². The van der Waals surface area contributed by atoms with Crippen molar-refractivity contribution in [3.05, 3.63) is 12.2 Å². The minimum Gasteiger partial charge on any atom is -0.393 e. The van der Waals surface area contributed by atoms with Gasteiger partial charge >= 0.3 is 0 Å². The fourth-order valence-electron chi connectivity index (χ4n) is 7.40. The molecule has 0 saturated heterocycles. The van der Waals surface area contributed by atoms with Crippen LogP contribution in [0.1, 0.15) is 65.2 Å². The molecule has 8 atom stereocenters. The zero-order chi connectivity index (χ0) is 15.7. The average molecular weight is 303 g/mol. The zero-order valence-electron chi connectivity index (χ0n) is 14.4. The van der Waals surface area contributed by atoms with Crippen LogP contribution in [-0.2, 0) is 0 Å². The molecule has 22 heavy (non-hydrogen) atoms. The molecule has 0 radical (unpaired) electrons. The molecule has 4 saturated carbocycles. The molecule has 0 amide bonds. The Morgan fingerprint density at radius 1 is 1.18 bits per heavy atom. The maximum Gasteiger partial charge on any atom is 0.0543 e. The highest BCUT2D eigenvalue weighted by Crippen LogP contribution is 2.66. The number of hydrogen-bond acceptors (Lipinski definition) is 2. The molecule has 0 bridgehead atoms. The van der Waals surface area contributed by atoms with Crippen molar-refractivity contribution in [2.45, 2.75) is 77.4 Å². The minimum atomic E-state index is -0.0639. The molecule has 4 aliphatic carbocycles. The van der Waals surface area contributed by atoms with E-state index in [0.717, 1.165) is 31.1 Å². The van der Waals surface area contributed by atoms with E-state index in [-0.39, 0.29) is 6.10 Å². The van der Waals surface area contributed by atoms with Gasteiger partial charge in [0.2, 0.25) is 0 Å². The first-order valence-corrected chi connectivity index (χ1v) is 9.48. The van der Waals surface area contributed by atoms with E-state index < -0.39 is 0 Å². The normalized spacial score (nSPS) is 57.9. The van der Waals surface area contributed by atoms with Crippen molar-refractivity contribution in [1.82, 2.24) is 0 Å². The van der Waals surface area contributed by atoms with E-state index in [1.807, 2.05) is 0 Å². The van der Waals surface area contributed by atoms with Crippen LogP contribution in [0.15, 0.2) is 12.2 Å². The smallest absolute Gasteiger partial charge is 0.0543 e. The number of fused-ring (bicyclic) bond motifs is 5. The van der Waals surface area contributed by atoms with Crippen LogP contribution in [-0.4, -0.2) is 17.3 Å². The molecule has 4 rings (SSSR count). The molecule has 0 heterocycles. The van der Waals surface area contributed by atoms with Crippen LogP contribution in [0.25, 0.3) is 0 Å². The van der Waals surface area contributed by atoms with Gasteiger partial charge in [-0.05, 0) is 85.9 Å². The highest BCUT2D eigenvalue weighted by Gasteiger charge is 2.61. The monoisotopic (exact) mass is 303 g/mol. The summed E-state index contributed by atoms with van der Waals surface area (Å²) in [5.41, 5.74) is 8.96. The van der Waals surface area contributed by atoms with E-state index in [1.165, 1.54) is 37.7 Å². The van der Waals surface area contributed by atoms with Crippen LogP contribution in [0.5, 0.6) is 0 Å². The van der Waals surface area contributed by atoms with Crippen LogP contribution in [0.2, 0.25) is 0 Å². The molecule has 0 aromatic heterocycles. The first-order valence-electron chi connectivity index (χ1n) is 9.48. The number of aliphatic hydroxyl groups excluding tert-OH is 1. The van der Waals surface area contributed by atoms with Crippen LogP contribution >= 0.6 is 0 Å². The summed E-state index contributed by atoms with van der Waals surface area (Å²) in [5, 5.41) is 10.1. The molecule has 0 aliphatic heterocycles. The SMILES string of the molecule is C=C1CC[C@H]2[C@@H]3CC[C@H]4C[C@H](O)CC[C@]4(C)[C@H]3[C@H](N)C[C@]12C. The Labute approximate surface area is 135 Å². The Hall–Kier alpha value is -0.340. The van der Waals surface area contributed by atoms with Gasteiger partial charge in [-0.3, -0.25) is 0 Å². The standard InChI is InChI=1S/C20H33NO/c1-12-4-7-16-15-6-5-13-10-14(22)8-9-19(13,2)18(15)17(21)11-20(12,16)3/h13-18,22H,1,4-11,21H2,2-3H3/t13-,14+,15-,16-,17+,18+,19-,20+/m0/s1. The number of allylic oxidation sites excluding steroid dienone is 1. The summed E-state index contributed by atoms with van der Waals surface area (Å²) in [6, 6.07) is 0.323. The van der Waals surface area contributed by atoms with Gasteiger partial charge in [0.1, 0.15) is 0 Å². The topological polar surface area (TPSA) is 46.2 Å². The minimum absolute atomic E-state index is 0.0639. The summed E-state index contributed by atoms with van der Waals surface area (Å²) >= 11 is 0. The van der Waals surface area contributed by atoms with Crippen molar-refractivity contribution < 1.29 is 5.11 Å².